The monoisotopic (exact) mass is 1030 g/mol. The first kappa shape index (κ1) is 51.7. The number of halogens is 1. The molecular weight excluding hydrogens is 978 g/mol. The Morgan fingerprint density at radius 2 is 1.59 bits per heavy atom. The van der Waals surface area contributed by atoms with E-state index in [0.29, 0.717) is 75.1 Å². The third-order valence-electron chi connectivity index (χ3n) is 14.7. The van der Waals surface area contributed by atoms with Gasteiger partial charge in [0.25, 0.3) is 17.4 Å². The van der Waals surface area contributed by atoms with Crippen LogP contribution in [-0.2, 0) is 84.2 Å². The summed E-state index contributed by atoms with van der Waals surface area (Å²) >= 11 is 0. The number of hydrogen-bond donors (Lipinski definition) is 7. The zero-order chi connectivity index (χ0) is 53.3. The van der Waals surface area contributed by atoms with Crippen LogP contribution in [0.3, 0.4) is 0 Å². The highest BCUT2D eigenvalue weighted by Crippen LogP contribution is 2.47. The molecule has 8 amide bonds. The first-order chi connectivity index (χ1) is 35.9. The number of imide groups is 1. The standard InChI is InChI=1S/C52H54FN9O13/c1-3-52(73)32-17-37-46-30(22-61(37)48(70)31(32)24-75-50(52)72)45-34(11-10-29-27(2)33(53)18-35(59-46)44(29)45)60-49(71)51(14-7-15-51)25-74-26-57-39(64)20-56-47(69)36(16-28-8-5-4-6-9-28)58-40(65)21-54-38(63)19-55-41(66)23-62-42(67)12-13-43(62)68/h4-6,8-9,12-13,17-18,34,36,73H,3,7,10-11,14-16,19-26H2,1-2H3,(H,54,63)(H,55,66)(H,56,69)(H,57,64)(H,58,65)(H,60,71)/t34-,36+,52+/m1/s1. The van der Waals surface area contributed by atoms with Crippen molar-refractivity contribution >= 4 is 64.1 Å². The molecule has 3 aliphatic heterocycles. The number of hydrogen-bond acceptors (Lipinski definition) is 14. The molecule has 0 saturated heterocycles. The highest BCUT2D eigenvalue weighted by atomic mass is 19.1. The molecule has 23 heteroatoms. The average molecular weight is 1030 g/mol. The molecule has 5 heterocycles. The number of esters is 1. The molecule has 3 atom stereocenters. The van der Waals surface area contributed by atoms with Crippen molar-refractivity contribution in [2.45, 2.75) is 89.6 Å². The Hall–Kier alpha value is -8.18. The van der Waals surface area contributed by atoms with Crippen LogP contribution in [0.1, 0.15) is 84.0 Å². The molecule has 1 fully saturated rings. The number of amides is 8. The summed E-state index contributed by atoms with van der Waals surface area (Å²) in [7, 11) is 0. The van der Waals surface area contributed by atoms with Crippen LogP contribution in [0.5, 0.6) is 0 Å². The fourth-order valence-corrected chi connectivity index (χ4v) is 10.3. The number of aromatic nitrogens is 2. The third-order valence-corrected chi connectivity index (χ3v) is 14.7. The van der Waals surface area contributed by atoms with Crippen LogP contribution in [0.4, 0.5) is 4.39 Å². The van der Waals surface area contributed by atoms with Crippen molar-refractivity contribution in [1.29, 1.82) is 0 Å². The molecule has 2 aromatic carbocycles. The molecule has 7 N–H and O–H groups in total. The fourth-order valence-electron chi connectivity index (χ4n) is 10.3. The normalized spacial score (nSPS) is 19.0. The van der Waals surface area contributed by atoms with Crippen molar-refractivity contribution in [3.05, 3.63) is 110 Å². The minimum atomic E-state index is -2.05. The quantitative estimate of drug-likeness (QED) is 0.0246. The Kier molecular flexibility index (Phi) is 14.5. The molecule has 4 aromatic rings. The Bertz CT molecular complexity index is 3170. The van der Waals surface area contributed by atoms with E-state index in [1.165, 1.54) is 10.6 Å². The number of nitrogens with one attached hydrogen (secondary N) is 6. The van der Waals surface area contributed by atoms with Crippen molar-refractivity contribution in [2.75, 3.05) is 39.5 Å². The minimum Gasteiger partial charge on any atom is -0.458 e. The van der Waals surface area contributed by atoms with Gasteiger partial charge in [0.05, 0.1) is 66.7 Å². The van der Waals surface area contributed by atoms with Crippen molar-refractivity contribution in [3.63, 3.8) is 0 Å². The smallest absolute Gasteiger partial charge is 0.343 e. The number of ether oxygens (including phenoxy) is 2. The summed E-state index contributed by atoms with van der Waals surface area (Å²) in [5, 5.41) is 27.6. The van der Waals surface area contributed by atoms with E-state index in [9.17, 15) is 53.1 Å². The number of aliphatic hydroxyl groups is 1. The number of cyclic esters (lactones) is 1. The van der Waals surface area contributed by atoms with Crippen molar-refractivity contribution in [2.24, 2.45) is 5.41 Å². The second-order valence-corrected chi connectivity index (χ2v) is 19.3. The number of nitrogens with zero attached hydrogens (tertiary/aromatic N) is 3. The Morgan fingerprint density at radius 3 is 2.29 bits per heavy atom. The van der Waals surface area contributed by atoms with Gasteiger partial charge in [0, 0.05) is 41.2 Å². The van der Waals surface area contributed by atoms with Gasteiger partial charge in [-0.15, -0.1) is 0 Å². The summed E-state index contributed by atoms with van der Waals surface area (Å²) in [6, 6.07) is 9.91. The number of benzene rings is 2. The van der Waals surface area contributed by atoms with Crippen LogP contribution in [0, 0.1) is 18.2 Å². The Labute approximate surface area is 427 Å². The van der Waals surface area contributed by atoms with E-state index in [1.807, 2.05) is 0 Å². The molecule has 1 saturated carbocycles. The van der Waals surface area contributed by atoms with Gasteiger partial charge < -0.3 is 51.0 Å². The van der Waals surface area contributed by atoms with E-state index in [4.69, 9.17) is 14.5 Å². The van der Waals surface area contributed by atoms with E-state index < -0.39 is 108 Å². The van der Waals surface area contributed by atoms with Gasteiger partial charge in [-0.2, -0.15) is 0 Å². The maximum Gasteiger partial charge on any atom is 0.343 e. The molecule has 0 spiro atoms. The third kappa shape index (κ3) is 10.1. The zero-order valence-electron chi connectivity index (χ0n) is 41.0. The molecular formula is C52H54FN9O13. The Balaban J connectivity index is 0.799. The molecule has 0 bridgehead atoms. The van der Waals surface area contributed by atoms with Crippen LogP contribution in [-0.4, -0.2) is 118 Å². The lowest BCUT2D eigenvalue weighted by Gasteiger charge is -2.41. The molecule has 392 valence electrons. The molecule has 9 rings (SSSR count). The first-order valence-electron chi connectivity index (χ1n) is 24.6. The van der Waals surface area contributed by atoms with E-state index in [1.54, 1.807) is 50.2 Å². The lowest BCUT2D eigenvalue weighted by atomic mass is 9.68. The zero-order valence-corrected chi connectivity index (χ0v) is 41.0. The van der Waals surface area contributed by atoms with Gasteiger partial charge in [0.2, 0.25) is 35.4 Å². The Morgan fingerprint density at radius 1 is 0.893 bits per heavy atom. The van der Waals surface area contributed by atoms with Crippen LogP contribution >= 0.6 is 0 Å². The molecule has 2 aromatic heterocycles. The van der Waals surface area contributed by atoms with Gasteiger partial charge >= 0.3 is 5.97 Å². The first-order valence-corrected chi connectivity index (χ1v) is 24.6. The number of rotatable bonds is 19. The maximum absolute atomic E-state index is 15.5. The summed E-state index contributed by atoms with van der Waals surface area (Å²) in [4.78, 5) is 134. The number of carbonyl (C=O) groups is 9. The van der Waals surface area contributed by atoms with E-state index >= 15 is 4.39 Å². The predicted molar refractivity (Wildman–Crippen MR) is 261 cm³/mol. The summed E-state index contributed by atoms with van der Waals surface area (Å²) in [6.07, 6.45) is 4.59. The molecule has 22 nitrogen and oxygen atoms in total. The second-order valence-electron chi connectivity index (χ2n) is 19.3. The van der Waals surface area contributed by atoms with Gasteiger partial charge in [0.15, 0.2) is 5.60 Å². The summed E-state index contributed by atoms with van der Waals surface area (Å²) in [5.74, 6) is -6.56. The number of fused-ring (bicyclic) bond motifs is 5. The average Bonchev–Trinajstić information content (AvgIpc) is 3.93. The van der Waals surface area contributed by atoms with Gasteiger partial charge in [0.1, 0.15) is 31.7 Å². The highest BCUT2D eigenvalue weighted by Gasteiger charge is 2.48. The van der Waals surface area contributed by atoms with Crippen LogP contribution in [0.25, 0.3) is 22.3 Å². The van der Waals surface area contributed by atoms with Crippen LogP contribution in [0.15, 0.2) is 59.4 Å². The largest absolute Gasteiger partial charge is 0.458 e. The highest BCUT2D eigenvalue weighted by molar-refractivity contribution is 6.14. The number of pyridine rings is 2. The second kappa shape index (κ2) is 21.0. The van der Waals surface area contributed by atoms with E-state index in [2.05, 4.69) is 31.9 Å². The predicted octanol–water partition coefficient (Wildman–Crippen LogP) is -0.108. The molecule has 2 aliphatic carbocycles. The van der Waals surface area contributed by atoms with Gasteiger partial charge in [-0.1, -0.05) is 43.7 Å². The maximum atomic E-state index is 15.5. The fraction of sp³-hybridized carbons (Fsp3) is 0.404. The number of carbonyl (C=O) groups excluding carboxylic acids is 9. The van der Waals surface area contributed by atoms with Crippen LogP contribution in [0.2, 0.25) is 0 Å². The number of aryl methyl sites for hydroxylation is 1. The lowest BCUT2D eigenvalue weighted by molar-refractivity contribution is -0.172. The van der Waals surface area contributed by atoms with Gasteiger partial charge in [-0.3, -0.25) is 48.1 Å². The minimum absolute atomic E-state index is 0.0266. The molecule has 0 radical (unpaired) electrons. The lowest BCUT2D eigenvalue weighted by Crippen LogP contribution is -2.52. The van der Waals surface area contributed by atoms with E-state index in [0.717, 1.165) is 24.1 Å². The summed E-state index contributed by atoms with van der Waals surface area (Å²) < 4.78 is 28.1. The SMILES string of the molecule is CC[C@@]1(O)C(=O)OCc2c1cc1n(c2=O)Cc2c-1nc1cc(F)c(C)c3c1c2[C@H](NC(=O)C1(COCNC(=O)CNC(=O)[C@H](Cc2ccccc2)NC(=O)CNC(=O)CNC(=O)CN2C(=O)C=CC2=O)CCC1)CC3. The van der Waals surface area contributed by atoms with Crippen molar-refractivity contribution in [1.82, 2.24) is 46.4 Å². The molecule has 5 aliphatic rings. The van der Waals surface area contributed by atoms with E-state index in [-0.39, 0.29) is 56.4 Å². The molecule has 75 heavy (non-hydrogen) atoms. The van der Waals surface area contributed by atoms with Gasteiger partial charge in [-0.25, -0.2) is 14.2 Å². The molecule has 0 unspecified atom stereocenters. The van der Waals surface area contributed by atoms with Crippen molar-refractivity contribution in [3.8, 4) is 11.4 Å². The summed E-state index contributed by atoms with van der Waals surface area (Å²) in [6.45, 7) is 0.486. The van der Waals surface area contributed by atoms with Crippen molar-refractivity contribution < 1.29 is 62.1 Å². The topological polar surface area (TPSA) is 303 Å². The van der Waals surface area contributed by atoms with Gasteiger partial charge in [-0.05, 0) is 67.3 Å². The van der Waals surface area contributed by atoms with Crippen LogP contribution < -0.4 is 37.5 Å². The summed E-state index contributed by atoms with van der Waals surface area (Å²) in [5.41, 5.74) is 1.18.